The highest BCUT2D eigenvalue weighted by molar-refractivity contribution is 7.46. The van der Waals surface area contributed by atoms with E-state index in [1.165, 1.54) is 0 Å². The summed E-state index contributed by atoms with van der Waals surface area (Å²) in [5, 5.41) is 30.4. The Balaban J connectivity index is 1.81. The molecule has 2 saturated heterocycles. The van der Waals surface area contributed by atoms with Gasteiger partial charge in [-0.3, -0.25) is 13.6 Å². The van der Waals surface area contributed by atoms with Crippen molar-refractivity contribution in [2.75, 3.05) is 19.8 Å². The molecule has 0 aromatic heterocycles. The average molecular weight is 670 g/mol. The first-order valence-corrected chi connectivity index (χ1v) is 16.8. The summed E-state index contributed by atoms with van der Waals surface area (Å²) in [5.41, 5.74) is 0.987. The molecular weight excluding hydrogens is 637 g/mol. The topological polar surface area (TPSA) is 298 Å². The highest BCUT2D eigenvalue weighted by atomic mass is 31.2. The maximum atomic E-state index is 11.8. The van der Waals surface area contributed by atoms with E-state index in [0.717, 1.165) is 5.56 Å². The monoisotopic (exact) mass is 670 g/mol. The molecule has 22 heteroatoms. The highest BCUT2D eigenvalue weighted by Crippen LogP contribution is 2.48. The van der Waals surface area contributed by atoms with E-state index in [1.807, 2.05) is 30.3 Å². The molecule has 1 aromatic carbocycles. The molecule has 0 bridgehead atoms. The van der Waals surface area contributed by atoms with Crippen LogP contribution in [0, 0.1) is 0 Å². The number of phosphoric ester groups is 3. The molecule has 0 unspecified atom stereocenters. The molecule has 9 N–H and O–H groups in total. The lowest BCUT2D eigenvalue weighted by Gasteiger charge is -2.44. The predicted octanol–water partition coefficient (Wildman–Crippen LogP) is -1.75. The van der Waals surface area contributed by atoms with Crippen LogP contribution >= 0.6 is 23.5 Å². The van der Waals surface area contributed by atoms with Gasteiger partial charge in [-0.2, -0.15) is 0 Å². The van der Waals surface area contributed by atoms with E-state index in [0.29, 0.717) is 12.8 Å². The highest BCUT2D eigenvalue weighted by Gasteiger charge is 2.56. The molecule has 2 aliphatic heterocycles. The zero-order valence-electron chi connectivity index (χ0n) is 21.6. The van der Waals surface area contributed by atoms with Gasteiger partial charge in [0.2, 0.25) is 0 Å². The van der Waals surface area contributed by atoms with E-state index in [9.17, 15) is 58.4 Å². The molecule has 2 aliphatic rings. The lowest BCUT2D eigenvalue weighted by molar-refractivity contribution is -0.313. The molecule has 2 fully saturated rings. The van der Waals surface area contributed by atoms with Gasteiger partial charge in [-0.25, -0.2) is 13.7 Å². The summed E-state index contributed by atoms with van der Waals surface area (Å²) < 4.78 is 70.5. The molecule has 1 aromatic rings. The van der Waals surface area contributed by atoms with Crippen LogP contribution in [-0.2, 0) is 52.6 Å². The van der Waals surface area contributed by atoms with E-state index in [4.69, 9.17) is 23.5 Å². The third-order valence-electron chi connectivity index (χ3n) is 6.04. The van der Waals surface area contributed by atoms with E-state index in [1.54, 1.807) is 0 Å². The maximum Gasteiger partial charge on any atom is 0.470 e. The van der Waals surface area contributed by atoms with Crippen molar-refractivity contribution in [2.45, 2.75) is 68.1 Å². The second kappa shape index (κ2) is 15.0. The zero-order valence-corrected chi connectivity index (χ0v) is 24.3. The number of aliphatic hydroxyl groups excluding tert-OH is 3. The summed E-state index contributed by atoms with van der Waals surface area (Å²) in [6, 6.07) is 9.28. The Hall–Kier alpha value is -0.730. The smallest absolute Gasteiger partial charge is 0.394 e. The van der Waals surface area contributed by atoms with Crippen LogP contribution in [0.15, 0.2) is 30.3 Å². The van der Waals surface area contributed by atoms with Gasteiger partial charge in [0.1, 0.15) is 42.7 Å². The Morgan fingerprint density at radius 3 is 1.74 bits per heavy atom. The van der Waals surface area contributed by atoms with Crippen LogP contribution in [0.5, 0.6) is 0 Å². The SMILES string of the molecule is O=P(O)(O)O[C@@H]1[C@@H](O)[C@@H](O[C@H]2[C@@H](OP(=O)(O)O)[C@H](OCCCc3ccccc3)O[C@@H]2CO)O[C@H](CO)[C@H]1OP(=O)(O)O. The van der Waals surface area contributed by atoms with Crippen molar-refractivity contribution in [3.63, 3.8) is 0 Å². The number of benzene rings is 1. The minimum absolute atomic E-state index is 0.000181. The number of aliphatic hydroxyl groups is 3. The number of ether oxygens (including phenoxy) is 4. The third kappa shape index (κ3) is 10.7. The van der Waals surface area contributed by atoms with Crippen LogP contribution in [0.3, 0.4) is 0 Å². The summed E-state index contributed by atoms with van der Waals surface area (Å²) in [6.45, 7) is -1.94. The average Bonchev–Trinajstić information content (AvgIpc) is 3.19. The van der Waals surface area contributed by atoms with Crippen molar-refractivity contribution >= 4 is 23.5 Å². The molecule has 0 radical (unpaired) electrons. The molecule has 19 nitrogen and oxygen atoms in total. The van der Waals surface area contributed by atoms with E-state index >= 15 is 0 Å². The summed E-state index contributed by atoms with van der Waals surface area (Å²) in [6.07, 6.45) is -16.0. The zero-order chi connectivity index (χ0) is 31.3. The second-order valence-electron chi connectivity index (χ2n) is 9.18. The van der Waals surface area contributed by atoms with E-state index in [2.05, 4.69) is 9.05 Å². The normalized spacial score (nSPS) is 32.7. The Bertz CT molecular complexity index is 1120. The lowest BCUT2D eigenvalue weighted by atomic mass is 9.99. The van der Waals surface area contributed by atoms with Crippen LogP contribution < -0.4 is 0 Å². The van der Waals surface area contributed by atoms with Crippen molar-refractivity contribution in [2.24, 2.45) is 0 Å². The Morgan fingerprint density at radius 1 is 0.690 bits per heavy atom. The van der Waals surface area contributed by atoms with Gasteiger partial charge in [0.05, 0.1) is 19.8 Å². The second-order valence-corrected chi connectivity index (χ2v) is 12.8. The third-order valence-corrected chi connectivity index (χ3v) is 7.60. The molecule has 42 heavy (non-hydrogen) atoms. The Labute approximate surface area is 238 Å². The molecule has 0 amide bonds. The van der Waals surface area contributed by atoms with E-state index in [-0.39, 0.29) is 6.61 Å². The Kier molecular flexibility index (Phi) is 12.8. The van der Waals surface area contributed by atoms with Crippen molar-refractivity contribution in [3.8, 4) is 0 Å². The minimum Gasteiger partial charge on any atom is -0.394 e. The van der Waals surface area contributed by atoms with Crippen LogP contribution in [0.4, 0.5) is 0 Å². The van der Waals surface area contributed by atoms with Crippen LogP contribution in [0.2, 0.25) is 0 Å². The first-order valence-electron chi connectivity index (χ1n) is 12.2. The van der Waals surface area contributed by atoms with Crippen molar-refractivity contribution in [1.29, 1.82) is 0 Å². The van der Waals surface area contributed by atoms with Crippen molar-refractivity contribution in [3.05, 3.63) is 35.9 Å². The fraction of sp³-hybridized carbons (Fsp3) is 0.700. The van der Waals surface area contributed by atoms with Crippen LogP contribution in [0.25, 0.3) is 0 Å². The van der Waals surface area contributed by atoms with Gasteiger partial charge in [-0.05, 0) is 18.4 Å². The molecule has 3 rings (SSSR count). The molecule has 0 saturated carbocycles. The van der Waals surface area contributed by atoms with Gasteiger partial charge < -0.3 is 63.6 Å². The first-order chi connectivity index (χ1) is 19.5. The van der Waals surface area contributed by atoms with Gasteiger partial charge in [0.15, 0.2) is 12.6 Å². The summed E-state index contributed by atoms with van der Waals surface area (Å²) in [4.78, 5) is 56.0. The number of phosphoric acid groups is 3. The molecule has 0 spiro atoms. The molecular formula is C20H33O19P3. The van der Waals surface area contributed by atoms with Crippen molar-refractivity contribution < 1.29 is 90.9 Å². The number of aryl methyl sites for hydroxylation is 1. The largest absolute Gasteiger partial charge is 0.470 e. The number of hydrogen-bond donors (Lipinski definition) is 9. The molecule has 9 atom stereocenters. The lowest BCUT2D eigenvalue weighted by Crippen LogP contribution is -2.61. The Morgan fingerprint density at radius 2 is 1.19 bits per heavy atom. The van der Waals surface area contributed by atoms with Crippen LogP contribution in [-0.4, -0.2) is 120 Å². The summed E-state index contributed by atoms with van der Waals surface area (Å²) >= 11 is 0. The van der Waals surface area contributed by atoms with Gasteiger partial charge in [-0.15, -0.1) is 0 Å². The fourth-order valence-electron chi connectivity index (χ4n) is 4.40. The predicted molar refractivity (Wildman–Crippen MR) is 134 cm³/mol. The molecule has 2 heterocycles. The molecule has 242 valence electrons. The first kappa shape index (κ1) is 35.7. The van der Waals surface area contributed by atoms with Crippen LogP contribution in [0.1, 0.15) is 12.0 Å². The maximum absolute atomic E-state index is 11.8. The standard InChI is InChI=1S/C20H33O19P3/c21-9-12-15(18(39-42(30,31)32)20(35-12)33-8-4-7-11-5-2-1-3-6-11)36-19-14(23)17(38-41(27,28)29)16(13(10-22)34-19)37-40(24,25)26/h1-3,5-6,12-23H,4,7-10H2,(H2,24,25,26)(H2,27,28,29)(H2,30,31,32)/t12-,13-,14-,15-,16-,17-,18-,19-,20-/m1/s1. The van der Waals surface area contributed by atoms with Gasteiger partial charge in [-0.1, -0.05) is 30.3 Å². The van der Waals surface area contributed by atoms with E-state index < -0.39 is 92.0 Å². The van der Waals surface area contributed by atoms with Gasteiger partial charge >= 0.3 is 23.5 Å². The summed E-state index contributed by atoms with van der Waals surface area (Å²) in [7, 11) is -16.2. The minimum atomic E-state index is -5.48. The van der Waals surface area contributed by atoms with Crippen molar-refractivity contribution in [1.82, 2.24) is 0 Å². The summed E-state index contributed by atoms with van der Waals surface area (Å²) in [5.74, 6) is 0. The quantitative estimate of drug-likeness (QED) is 0.0738. The number of rotatable bonds is 15. The number of hydrogen-bond acceptors (Lipinski definition) is 13. The fourth-order valence-corrected chi connectivity index (χ4v) is 6.07. The van der Waals surface area contributed by atoms with Gasteiger partial charge in [0, 0.05) is 0 Å². The van der Waals surface area contributed by atoms with Gasteiger partial charge in [0.25, 0.3) is 0 Å². The molecule has 0 aliphatic carbocycles.